The van der Waals surface area contributed by atoms with Gasteiger partial charge in [0, 0.05) is 31.5 Å². The molecule has 140 valence electrons. The third kappa shape index (κ3) is 3.22. The molecule has 1 amide bonds. The van der Waals surface area contributed by atoms with E-state index in [1.54, 1.807) is 17.0 Å². The Bertz CT molecular complexity index is 929. The number of piperidine rings is 1. The van der Waals surface area contributed by atoms with Gasteiger partial charge in [-0.15, -0.1) is 0 Å². The van der Waals surface area contributed by atoms with E-state index in [1.807, 2.05) is 26.0 Å². The number of likely N-dealkylation sites (tertiary alicyclic amines) is 1. The van der Waals surface area contributed by atoms with E-state index >= 15 is 0 Å². The number of amides is 1. The summed E-state index contributed by atoms with van der Waals surface area (Å²) in [5, 5.41) is 0. The molecule has 0 radical (unpaired) electrons. The summed E-state index contributed by atoms with van der Waals surface area (Å²) in [5.41, 5.74) is 2.48. The molecule has 0 atom stereocenters. The fourth-order valence-corrected chi connectivity index (χ4v) is 4.14. The van der Waals surface area contributed by atoms with Gasteiger partial charge in [-0.3, -0.25) is 9.59 Å². The van der Waals surface area contributed by atoms with Gasteiger partial charge in [-0.25, -0.2) is 4.39 Å². The van der Waals surface area contributed by atoms with Gasteiger partial charge in [0.1, 0.15) is 17.2 Å². The molecule has 0 unspecified atom stereocenters. The third-order valence-electron chi connectivity index (χ3n) is 5.55. The third-order valence-corrected chi connectivity index (χ3v) is 5.55. The zero-order chi connectivity index (χ0) is 19.2. The lowest BCUT2D eigenvalue weighted by atomic mass is 9.81. The molecule has 2 aliphatic heterocycles. The first kappa shape index (κ1) is 17.7. The number of fused-ring (bicyclic) bond motifs is 1. The van der Waals surface area contributed by atoms with Gasteiger partial charge in [0.15, 0.2) is 5.78 Å². The van der Waals surface area contributed by atoms with E-state index in [9.17, 15) is 14.0 Å². The lowest BCUT2D eigenvalue weighted by molar-refractivity contribution is -0.00620. The summed E-state index contributed by atoms with van der Waals surface area (Å²) in [6, 6.07) is 9.66. The van der Waals surface area contributed by atoms with Crippen LogP contribution in [0, 0.1) is 19.7 Å². The van der Waals surface area contributed by atoms with Crippen molar-refractivity contribution in [2.24, 2.45) is 0 Å². The SMILES string of the molecule is Cc1cc(C)c2c(c1)C(=O)CC1(CCN(C(=O)c3cccc(F)c3)CC1)O2. The lowest BCUT2D eigenvalue weighted by Crippen LogP contribution is -2.52. The number of aryl methyl sites for hydroxylation is 2. The average Bonchev–Trinajstić information content (AvgIpc) is 2.63. The van der Waals surface area contributed by atoms with Crippen molar-refractivity contribution in [3.63, 3.8) is 0 Å². The smallest absolute Gasteiger partial charge is 0.253 e. The van der Waals surface area contributed by atoms with Gasteiger partial charge >= 0.3 is 0 Å². The molecule has 1 fully saturated rings. The summed E-state index contributed by atoms with van der Waals surface area (Å²) < 4.78 is 19.8. The van der Waals surface area contributed by atoms with Gasteiger partial charge in [0.05, 0.1) is 12.0 Å². The van der Waals surface area contributed by atoms with Crippen LogP contribution in [0.15, 0.2) is 36.4 Å². The van der Waals surface area contributed by atoms with Gasteiger partial charge in [0.2, 0.25) is 0 Å². The number of carbonyl (C=O) groups is 2. The standard InChI is InChI=1S/C22H22FNO3/c1-14-10-15(2)20-18(11-14)19(25)13-22(27-20)6-8-24(9-7-22)21(26)16-4-3-5-17(23)12-16/h3-5,10-12H,6-9,13H2,1-2H3. The number of benzene rings is 2. The van der Waals surface area contributed by atoms with Gasteiger partial charge in [-0.1, -0.05) is 12.1 Å². The van der Waals surface area contributed by atoms with Crippen molar-refractivity contribution in [2.75, 3.05) is 13.1 Å². The van der Waals surface area contributed by atoms with Crippen LogP contribution >= 0.6 is 0 Å². The molecule has 4 nitrogen and oxygen atoms in total. The van der Waals surface area contributed by atoms with E-state index < -0.39 is 11.4 Å². The zero-order valence-electron chi connectivity index (χ0n) is 15.5. The topological polar surface area (TPSA) is 46.6 Å². The minimum atomic E-state index is -0.553. The van der Waals surface area contributed by atoms with Crippen LogP contribution in [0.5, 0.6) is 5.75 Å². The fraction of sp³-hybridized carbons (Fsp3) is 0.364. The predicted molar refractivity (Wildman–Crippen MR) is 99.8 cm³/mol. The molecule has 2 aromatic carbocycles. The highest BCUT2D eigenvalue weighted by Gasteiger charge is 2.44. The quantitative estimate of drug-likeness (QED) is 0.763. The monoisotopic (exact) mass is 367 g/mol. The minimum Gasteiger partial charge on any atom is -0.486 e. The van der Waals surface area contributed by atoms with E-state index in [2.05, 4.69) is 0 Å². The highest BCUT2D eigenvalue weighted by Crippen LogP contribution is 2.41. The Morgan fingerprint density at radius 3 is 2.59 bits per heavy atom. The second-order valence-electron chi connectivity index (χ2n) is 7.65. The van der Waals surface area contributed by atoms with Crippen molar-refractivity contribution in [3.05, 3.63) is 64.5 Å². The number of halogens is 1. The number of ketones is 1. The van der Waals surface area contributed by atoms with E-state index in [4.69, 9.17) is 4.74 Å². The van der Waals surface area contributed by atoms with Crippen LogP contribution in [0.2, 0.25) is 0 Å². The highest BCUT2D eigenvalue weighted by molar-refractivity contribution is 6.01. The number of hydrogen-bond donors (Lipinski definition) is 0. The van der Waals surface area contributed by atoms with Crippen LogP contribution in [-0.2, 0) is 0 Å². The van der Waals surface area contributed by atoms with Crippen molar-refractivity contribution in [2.45, 2.75) is 38.7 Å². The summed E-state index contributed by atoms with van der Waals surface area (Å²) in [7, 11) is 0. The Hall–Kier alpha value is -2.69. The zero-order valence-corrected chi connectivity index (χ0v) is 15.5. The van der Waals surface area contributed by atoms with Crippen LogP contribution in [0.1, 0.15) is 51.1 Å². The second kappa shape index (κ2) is 6.48. The lowest BCUT2D eigenvalue weighted by Gasteiger charge is -2.44. The summed E-state index contributed by atoms with van der Waals surface area (Å²) >= 11 is 0. The van der Waals surface area contributed by atoms with Gasteiger partial charge in [-0.05, 0) is 49.2 Å². The van der Waals surface area contributed by atoms with Crippen molar-refractivity contribution < 1.29 is 18.7 Å². The number of carbonyl (C=O) groups excluding carboxylic acids is 2. The molecular weight excluding hydrogens is 345 g/mol. The van der Waals surface area contributed by atoms with Crippen LogP contribution in [-0.4, -0.2) is 35.3 Å². The maximum atomic E-state index is 13.4. The second-order valence-corrected chi connectivity index (χ2v) is 7.65. The van der Waals surface area contributed by atoms with Crippen molar-refractivity contribution >= 4 is 11.7 Å². The molecular formula is C22H22FNO3. The fourth-order valence-electron chi connectivity index (χ4n) is 4.14. The number of Topliss-reactive ketones (excluding diaryl/α,β-unsaturated/α-hetero) is 1. The molecule has 0 N–H and O–H groups in total. The minimum absolute atomic E-state index is 0.105. The Morgan fingerprint density at radius 1 is 1.15 bits per heavy atom. The first-order chi connectivity index (χ1) is 12.9. The first-order valence-electron chi connectivity index (χ1n) is 9.25. The molecule has 2 aliphatic rings. The molecule has 2 heterocycles. The molecule has 0 bridgehead atoms. The van der Waals surface area contributed by atoms with E-state index in [1.165, 1.54) is 12.1 Å². The average molecular weight is 367 g/mol. The molecule has 5 heteroatoms. The van der Waals surface area contributed by atoms with Crippen LogP contribution in [0.3, 0.4) is 0 Å². The molecule has 0 aliphatic carbocycles. The van der Waals surface area contributed by atoms with Crippen LogP contribution in [0.25, 0.3) is 0 Å². The maximum absolute atomic E-state index is 13.4. The molecule has 1 saturated heterocycles. The molecule has 27 heavy (non-hydrogen) atoms. The van der Waals surface area contributed by atoms with E-state index in [-0.39, 0.29) is 11.7 Å². The Balaban J connectivity index is 1.52. The Kier molecular flexibility index (Phi) is 4.25. The molecule has 0 aromatic heterocycles. The molecule has 4 rings (SSSR count). The van der Waals surface area contributed by atoms with Gasteiger partial charge in [0.25, 0.3) is 5.91 Å². The summed E-state index contributed by atoms with van der Waals surface area (Å²) in [6.07, 6.45) is 1.52. The largest absolute Gasteiger partial charge is 0.486 e. The van der Waals surface area contributed by atoms with Gasteiger partial charge < -0.3 is 9.64 Å². The van der Waals surface area contributed by atoms with Crippen molar-refractivity contribution in [3.8, 4) is 5.75 Å². The highest BCUT2D eigenvalue weighted by atomic mass is 19.1. The van der Waals surface area contributed by atoms with Crippen molar-refractivity contribution in [1.82, 2.24) is 4.90 Å². The molecule has 0 saturated carbocycles. The summed E-state index contributed by atoms with van der Waals surface area (Å²) in [6.45, 7) is 4.91. The Labute approximate surface area is 157 Å². The number of nitrogens with zero attached hydrogens (tertiary/aromatic N) is 1. The normalized spacial score (nSPS) is 18.2. The first-order valence-corrected chi connectivity index (χ1v) is 9.25. The summed E-state index contributed by atoms with van der Waals surface area (Å²) in [5.74, 6) is 0.186. The van der Waals surface area contributed by atoms with E-state index in [0.29, 0.717) is 49.2 Å². The summed E-state index contributed by atoms with van der Waals surface area (Å²) in [4.78, 5) is 27.1. The van der Waals surface area contributed by atoms with Gasteiger partial charge in [-0.2, -0.15) is 0 Å². The van der Waals surface area contributed by atoms with Crippen LogP contribution < -0.4 is 4.74 Å². The number of hydrogen-bond acceptors (Lipinski definition) is 3. The molecule has 1 spiro atoms. The predicted octanol–water partition coefficient (Wildman–Crippen LogP) is 4.08. The maximum Gasteiger partial charge on any atom is 0.253 e. The van der Waals surface area contributed by atoms with Crippen molar-refractivity contribution in [1.29, 1.82) is 0 Å². The molecule has 2 aromatic rings. The van der Waals surface area contributed by atoms with Crippen LogP contribution in [0.4, 0.5) is 4.39 Å². The number of rotatable bonds is 1. The Morgan fingerprint density at radius 2 is 1.89 bits per heavy atom. The number of ether oxygens (including phenoxy) is 1. The van der Waals surface area contributed by atoms with E-state index in [0.717, 1.165) is 11.1 Å².